The van der Waals surface area contributed by atoms with Crippen molar-refractivity contribution in [3.05, 3.63) is 50.6 Å². The van der Waals surface area contributed by atoms with Gasteiger partial charge in [-0.15, -0.1) is 11.3 Å². The van der Waals surface area contributed by atoms with E-state index in [-0.39, 0.29) is 5.56 Å². The molecule has 1 aromatic carbocycles. The van der Waals surface area contributed by atoms with Crippen LogP contribution < -0.4 is 5.56 Å². The Morgan fingerprint density at radius 2 is 2.00 bits per heavy atom. The van der Waals surface area contributed by atoms with E-state index in [0.29, 0.717) is 0 Å². The molecule has 0 unspecified atom stereocenters. The van der Waals surface area contributed by atoms with Gasteiger partial charge >= 0.3 is 0 Å². The van der Waals surface area contributed by atoms with Gasteiger partial charge in [-0.3, -0.25) is 9.36 Å². The van der Waals surface area contributed by atoms with Crippen LogP contribution in [0.2, 0.25) is 0 Å². The fraction of sp³-hybridized carbons (Fsp3) is 0.429. The Labute approximate surface area is 162 Å². The second-order valence-corrected chi connectivity index (χ2v) is 9.06. The largest absolute Gasteiger partial charge is 0.268 e. The number of fused-ring (bicyclic) bond motifs is 3. The second-order valence-electron chi connectivity index (χ2n) is 6.91. The highest BCUT2D eigenvalue weighted by Gasteiger charge is 2.22. The summed E-state index contributed by atoms with van der Waals surface area (Å²) in [7, 11) is 0. The van der Waals surface area contributed by atoms with Crippen molar-refractivity contribution in [3.8, 4) is 5.69 Å². The maximum Gasteiger partial charge on any atom is 0.267 e. The predicted octanol–water partition coefficient (Wildman–Crippen LogP) is 5.53. The molecule has 0 fully saturated rings. The van der Waals surface area contributed by atoms with Crippen molar-refractivity contribution in [2.24, 2.45) is 0 Å². The van der Waals surface area contributed by atoms with Crippen molar-refractivity contribution in [2.75, 3.05) is 5.75 Å². The highest BCUT2D eigenvalue weighted by molar-refractivity contribution is 7.99. The first-order chi connectivity index (χ1) is 12.7. The van der Waals surface area contributed by atoms with Crippen LogP contribution in [-0.2, 0) is 12.8 Å². The number of hydrogen-bond acceptors (Lipinski definition) is 4. The molecule has 0 radical (unpaired) electrons. The van der Waals surface area contributed by atoms with Crippen molar-refractivity contribution < 1.29 is 0 Å². The number of hydrogen-bond donors (Lipinski definition) is 0. The van der Waals surface area contributed by atoms with Gasteiger partial charge in [-0.1, -0.05) is 43.3 Å². The summed E-state index contributed by atoms with van der Waals surface area (Å²) in [6.45, 7) is 4.23. The number of para-hydroxylation sites is 1. The molecule has 5 heteroatoms. The third-order valence-corrected chi connectivity index (χ3v) is 7.33. The van der Waals surface area contributed by atoms with Gasteiger partial charge in [0.15, 0.2) is 5.16 Å². The molecule has 0 amide bonds. The lowest BCUT2D eigenvalue weighted by atomic mass is 10.1. The summed E-state index contributed by atoms with van der Waals surface area (Å²) in [4.78, 5) is 20.9. The van der Waals surface area contributed by atoms with Gasteiger partial charge in [0.2, 0.25) is 0 Å². The topological polar surface area (TPSA) is 34.9 Å². The van der Waals surface area contributed by atoms with Crippen LogP contribution in [-0.4, -0.2) is 15.3 Å². The molecule has 2 aromatic heterocycles. The van der Waals surface area contributed by atoms with Crippen LogP contribution in [0.25, 0.3) is 15.9 Å². The molecule has 136 valence electrons. The molecular weight excluding hydrogens is 360 g/mol. The quantitative estimate of drug-likeness (QED) is 0.337. The Kier molecular flexibility index (Phi) is 5.18. The normalized spacial score (nSPS) is 14.4. The summed E-state index contributed by atoms with van der Waals surface area (Å²) >= 11 is 3.43. The zero-order valence-electron chi connectivity index (χ0n) is 15.4. The lowest BCUT2D eigenvalue weighted by molar-refractivity contribution is 0.713. The number of benzene rings is 1. The molecule has 26 heavy (non-hydrogen) atoms. The number of thioether (sulfide) groups is 1. The number of rotatable bonds is 4. The van der Waals surface area contributed by atoms with Gasteiger partial charge in [0.05, 0.1) is 11.1 Å². The van der Waals surface area contributed by atoms with Gasteiger partial charge in [-0.05, 0) is 56.2 Å². The Bertz CT molecular complexity index is 1000. The molecule has 0 atom stereocenters. The highest BCUT2D eigenvalue weighted by atomic mass is 32.2. The van der Waals surface area contributed by atoms with E-state index in [9.17, 15) is 4.79 Å². The fourth-order valence-corrected chi connectivity index (χ4v) is 5.84. The minimum absolute atomic E-state index is 0.113. The number of nitrogens with zero attached hydrogens (tertiary/aromatic N) is 2. The van der Waals surface area contributed by atoms with Gasteiger partial charge in [0, 0.05) is 10.6 Å². The van der Waals surface area contributed by atoms with Crippen LogP contribution >= 0.6 is 23.1 Å². The molecule has 0 saturated carbocycles. The molecule has 3 nitrogen and oxygen atoms in total. The van der Waals surface area contributed by atoms with Gasteiger partial charge in [-0.25, -0.2) is 4.98 Å². The lowest BCUT2D eigenvalue weighted by Gasteiger charge is -2.14. The Hall–Kier alpha value is -1.59. The van der Waals surface area contributed by atoms with Gasteiger partial charge < -0.3 is 0 Å². The maximum absolute atomic E-state index is 13.6. The van der Waals surface area contributed by atoms with Crippen LogP contribution in [0.3, 0.4) is 0 Å². The Morgan fingerprint density at radius 1 is 1.19 bits per heavy atom. The monoisotopic (exact) mass is 384 g/mol. The summed E-state index contributed by atoms with van der Waals surface area (Å²) in [5.41, 5.74) is 3.45. The van der Waals surface area contributed by atoms with E-state index in [4.69, 9.17) is 4.98 Å². The fourth-order valence-electron chi connectivity index (χ4n) is 3.68. The van der Waals surface area contributed by atoms with E-state index in [1.807, 2.05) is 22.8 Å². The van der Waals surface area contributed by atoms with Gasteiger partial charge in [0.25, 0.3) is 5.56 Å². The van der Waals surface area contributed by atoms with Crippen molar-refractivity contribution in [3.63, 3.8) is 0 Å². The first-order valence-electron chi connectivity index (χ1n) is 9.46. The molecule has 4 rings (SSSR count). The molecule has 1 aliphatic rings. The van der Waals surface area contributed by atoms with Crippen LogP contribution in [0.4, 0.5) is 0 Å². The second kappa shape index (κ2) is 7.57. The highest BCUT2D eigenvalue weighted by Crippen LogP contribution is 2.35. The Balaban J connectivity index is 2.01. The zero-order chi connectivity index (χ0) is 18.1. The standard InChI is InChI=1S/C21H24N2OS2/c1-3-13-25-21-22-19-18(15-10-5-4-6-12-17(15)26-19)20(24)23(21)16-11-8-7-9-14(16)2/h7-9,11H,3-6,10,12-13H2,1-2H3. The Morgan fingerprint density at radius 3 is 2.81 bits per heavy atom. The van der Waals surface area contributed by atoms with Crippen molar-refractivity contribution in [2.45, 2.75) is 57.5 Å². The minimum Gasteiger partial charge on any atom is -0.268 e. The lowest BCUT2D eigenvalue weighted by Crippen LogP contribution is -2.22. The summed E-state index contributed by atoms with van der Waals surface area (Å²) in [5.74, 6) is 0.967. The third-order valence-electron chi connectivity index (χ3n) is 5.00. The van der Waals surface area contributed by atoms with E-state index in [1.165, 1.54) is 29.7 Å². The SMILES string of the molecule is CCCSc1nc2sc3c(c2c(=O)n1-c1ccccc1C)CCCCC3. The first-order valence-corrected chi connectivity index (χ1v) is 11.3. The van der Waals surface area contributed by atoms with E-state index >= 15 is 0 Å². The van der Waals surface area contributed by atoms with E-state index in [0.717, 1.165) is 51.6 Å². The molecule has 3 aromatic rings. The summed E-state index contributed by atoms with van der Waals surface area (Å²) in [6.07, 6.45) is 6.83. The number of thiophene rings is 1. The van der Waals surface area contributed by atoms with Gasteiger partial charge in [-0.2, -0.15) is 0 Å². The minimum atomic E-state index is 0.113. The molecule has 0 bridgehead atoms. The zero-order valence-corrected chi connectivity index (χ0v) is 17.0. The smallest absolute Gasteiger partial charge is 0.267 e. The van der Waals surface area contributed by atoms with Crippen LogP contribution in [0.1, 0.15) is 48.6 Å². The summed E-state index contributed by atoms with van der Waals surface area (Å²) in [5, 5.41) is 1.70. The maximum atomic E-state index is 13.6. The van der Waals surface area contributed by atoms with Crippen molar-refractivity contribution in [1.82, 2.24) is 9.55 Å². The van der Waals surface area contributed by atoms with Gasteiger partial charge in [0.1, 0.15) is 4.83 Å². The molecule has 2 heterocycles. The van der Waals surface area contributed by atoms with E-state index in [1.54, 1.807) is 23.1 Å². The molecule has 0 N–H and O–H groups in total. The van der Waals surface area contributed by atoms with E-state index in [2.05, 4.69) is 19.9 Å². The molecule has 0 saturated heterocycles. The van der Waals surface area contributed by atoms with Crippen molar-refractivity contribution >= 4 is 33.3 Å². The molecule has 0 spiro atoms. The molecule has 0 aliphatic heterocycles. The summed E-state index contributed by atoms with van der Waals surface area (Å²) < 4.78 is 1.86. The third kappa shape index (κ3) is 3.12. The first kappa shape index (κ1) is 17.8. The van der Waals surface area contributed by atoms with Crippen LogP contribution in [0, 0.1) is 6.92 Å². The van der Waals surface area contributed by atoms with Crippen LogP contribution in [0.5, 0.6) is 0 Å². The number of aromatic nitrogens is 2. The molecule has 1 aliphatic carbocycles. The average molecular weight is 385 g/mol. The van der Waals surface area contributed by atoms with Crippen molar-refractivity contribution in [1.29, 1.82) is 0 Å². The molecular formula is C21H24N2OS2. The average Bonchev–Trinajstić information content (AvgIpc) is 2.82. The van der Waals surface area contributed by atoms with Crippen LogP contribution in [0.15, 0.2) is 34.2 Å². The van der Waals surface area contributed by atoms with E-state index < -0.39 is 0 Å². The predicted molar refractivity (Wildman–Crippen MR) is 112 cm³/mol. The number of aryl methyl sites for hydroxylation is 3. The summed E-state index contributed by atoms with van der Waals surface area (Å²) in [6, 6.07) is 8.12.